The number of aromatic nitrogens is 2. The van der Waals surface area contributed by atoms with Gasteiger partial charge in [0.05, 0.1) is 11.0 Å². The molecule has 170 valence electrons. The SMILES string of the molecule is Cc1c(CSc2nc3ccccc3[nH]2)cccc1SCCOC(=O)Nc1ccc(F)c(F)c1. The molecule has 1 aromatic heterocycles. The van der Waals surface area contributed by atoms with Crippen LogP contribution in [0, 0.1) is 18.6 Å². The molecule has 9 heteroatoms. The zero-order valence-electron chi connectivity index (χ0n) is 17.7. The van der Waals surface area contributed by atoms with Gasteiger partial charge in [0, 0.05) is 28.2 Å². The van der Waals surface area contributed by atoms with Crippen LogP contribution in [0.5, 0.6) is 0 Å². The average Bonchev–Trinajstić information content (AvgIpc) is 3.22. The Balaban J connectivity index is 1.26. The van der Waals surface area contributed by atoms with Crippen LogP contribution in [0.4, 0.5) is 19.3 Å². The second-order valence-corrected chi connectivity index (χ2v) is 9.23. The molecule has 1 amide bonds. The summed E-state index contributed by atoms with van der Waals surface area (Å²) in [6.07, 6.45) is -0.714. The summed E-state index contributed by atoms with van der Waals surface area (Å²) in [5.41, 5.74) is 4.50. The van der Waals surface area contributed by atoms with E-state index in [4.69, 9.17) is 4.74 Å². The summed E-state index contributed by atoms with van der Waals surface area (Å²) < 4.78 is 31.3. The normalized spacial score (nSPS) is 11.0. The van der Waals surface area contributed by atoms with Crippen LogP contribution in [0.25, 0.3) is 11.0 Å². The van der Waals surface area contributed by atoms with E-state index in [1.165, 1.54) is 17.2 Å². The highest BCUT2D eigenvalue weighted by atomic mass is 32.2. The number of aromatic amines is 1. The Morgan fingerprint density at radius 1 is 1.06 bits per heavy atom. The maximum Gasteiger partial charge on any atom is 0.411 e. The first-order chi connectivity index (χ1) is 16.0. The topological polar surface area (TPSA) is 67.0 Å². The Kier molecular flexibility index (Phi) is 7.51. The average molecular weight is 486 g/mol. The molecule has 0 aliphatic heterocycles. The number of hydrogen-bond acceptors (Lipinski definition) is 5. The molecule has 0 atom stereocenters. The van der Waals surface area contributed by atoms with Crippen LogP contribution in [-0.4, -0.2) is 28.4 Å². The van der Waals surface area contributed by atoms with Crippen LogP contribution in [0.15, 0.2) is 70.7 Å². The minimum atomic E-state index is -1.03. The van der Waals surface area contributed by atoms with Gasteiger partial charge in [-0.2, -0.15) is 0 Å². The van der Waals surface area contributed by atoms with Crippen molar-refractivity contribution in [1.29, 1.82) is 0 Å². The van der Waals surface area contributed by atoms with E-state index in [-0.39, 0.29) is 12.3 Å². The lowest BCUT2D eigenvalue weighted by Crippen LogP contribution is -2.15. The molecule has 0 unspecified atom stereocenters. The van der Waals surface area contributed by atoms with Gasteiger partial charge < -0.3 is 9.72 Å². The summed E-state index contributed by atoms with van der Waals surface area (Å²) in [6.45, 7) is 2.26. The van der Waals surface area contributed by atoms with Crippen molar-refractivity contribution in [3.8, 4) is 0 Å². The van der Waals surface area contributed by atoms with Gasteiger partial charge in [0.2, 0.25) is 0 Å². The molecular weight excluding hydrogens is 464 g/mol. The Bertz CT molecular complexity index is 1250. The Morgan fingerprint density at radius 3 is 2.73 bits per heavy atom. The lowest BCUT2D eigenvalue weighted by molar-refractivity contribution is 0.169. The van der Waals surface area contributed by atoms with Gasteiger partial charge in [-0.25, -0.2) is 18.6 Å². The van der Waals surface area contributed by atoms with Crippen molar-refractivity contribution in [3.63, 3.8) is 0 Å². The number of imidazole rings is 1. The van der Waals surface area contributed by atoms with Crippen LogP contribution in [0.1, 0.15) is 11.1 Å². The van der Waals surface area contributed by atoms with Crippen molar-refractivity contribution >= 4 is 46.3 Å². The molecule has 4 aromatic rings. The van der Waals surface area contributed by atoms with Crippen molar-refractivity contribution in [2.24, 2.45) is 0 Å². The zero-order valence-corrected chi connectivity index (χ0v) is 19.4. The third kappa shape index (κ3) is 6.06. The molecule has 5 nitrogen and oxygen atoms in total. The fourth-order valence-electron chi connectivity index (χ4n) is 3.13. The number of anilines is 1. The van der Waals surface area contributed by atoms with Gasteiger partial charge in [0.25, 0.3) is 0 Å². The smallest absolute Gasteiger partial charge is 0.411 e. The summed E-state index contributed by atoms with van der Waals surface area (Å²) in [4.78, 5) is 20.9. The number of para-hydroxylation sites is 2. The highest BCUT2D eigenvalue weighted by molar-refractivity contribution is 7.99. The number of ether oxygens (including phenoxy) is 1. The van der Waals surface area contributed by atoms with E-state index >= 15 is 0 Å². The lowest BCUT2D eigenvalue weighted by Gasteiger charge is -2.11. The molecule has 3 aromatic carbocycles. The molecule has 0 bridgehead atoms. The number of rotatable bonds is 8. The number of nitrogens with one attached hydrogen (secondary N) is 2. The summed E-state index contributed by atoms with van der Waals surface area (Å²) in [6, 6.07) is 17.2. The zero-order chi connectivity index (χ0) is 23.2. The third-order valence-corrected chi connectivity index (χ3v) is 6.91. The van der Waals surface area contributed by atoms with E-state index in [9.17, 15) is 13.6 Å². The van der Waals surface area contributed by atoms with E-state index in [0.29, 0.717) is 5.75 Å². The van der Waals surface area contributed by atoms with E-state index < -0.39 is 17.7 Å². The van der Waals surface area contributed by atoms with Crippen molar-refractivity contribution in [3.05, 3.63) is 83.4 Å². The fourth-order valence-corrected chi connectivity index (χ4v) is 4.99. The summed E-state index contributed by atoms with van der Waals surface area (Å²) in [5.74, 6) is -0.657. The van der Waals surface area contributed by atoms with Gasteiger partial charge in [-0.1, -0.05) is 36.0 Å². The van der Waals surface area contributed by atoms with E-state index in [2.05, 4.69) is 28.3 Å². The number of amides is 1. The summed E-state index contributed by atoms with van der Waals surface area (Å²) >= 11 is 3.25. The predicted octanol–water partition coefficient (Wildman–Crippen LogP) is 6.78. The van der Waals surface area contributed by atoms with Crippen LogP contribution in [-0.2, 0) is 10.5 Å². The van der Waals surface area contributed by atoms with E-state index in [1.54, 1.807) is 23.5 Å². The van der Waals surface area contributed by atoms with Crippen molar-refractivity contribution in [1.82, 2.24) is 9.97 Å². The van der Waals surface area contributed by atoms with Gasteiger partial charge in [0.1, 0.15) is 6.61 Å². The quantitative estimate of drug-likeness (QED) is 0.213. The molecule has 0 aliphatic rings. The summed E-state index contributed by atoms with van der Waals surface area (Å²) in [5, 5.41) is 3.27. The maximum absolute atomic E-state index is 13.2. The van der Waals surface area contributed by atoms with Crippen LogP contribution in [0.2, 0.25) is 0 Å². The van der Waals surface area contributed by atoms with Gasteiger partial charge in [-0.3, -0.25) is 5.32 Å². The minimum Gasteiger partial charge on any atom is -0.448 e. The molecule has 0 radical (unpaired) electrons. The largest absolute Gasteiger partial charge is 0.448 e. The molecule has 0 aliphatic carbocycles. The van der Waals surface area contributed by atoms with Crippen LogP contribution < -0.4 is 5.32 Å². The van der Waals surface area contributed by atoms with Crippen LogP contribution in [0.3, 0.4) is 0 Å². The fraction of sp³-hybridized carbons (Fsp3) is 0.167. The van der Waals surface area contributed by atoms with Gasteiger partial charge in [0.15, 0.2) is 16.8 Å². The first-order valence-electron chi connectivity index (χ1n) is 10.2. The molecule has 0 fully saturated rings. The van der Waals surface area contributed by atoms with Gasteiger partial charge >= 0.3 is 6.09 Å². The Hall–Kier alpha value is -3.04. The van der Waals surface area contributed by atoms with Gasteiger partial charge in [-0.05, 0) is 48.4 Å². The molecule has 0 saturated heterocycles. The second kappa shape index (κ2) is 10.7. The number of fused-ring (bicyclic) bond motifs is 1. The first-order valence-corrected chi connectivity index (χ1v) is 12.1. The molecule has 4 rings (SSSR count). The molecule has 0 spiro atoms. The molecule has 2 N–H and O–H groups in total. The minimum absolute atomic E-state index is 0.136. The van der Waals surface area contributed by atoms with E-state index in [0.717, 1.165) is 39.0 Å². The Labute approximate surface area is 198 Å². The van der Waals surface area contributed by atoms with Crippen molar-refractivity contribution < 1.29 is 18.3 Å². The standard InChI is InChI=1S/C24H21F2N3O2S2/c1-15-16(14-33-23-28-20-6-2-3-7-21(20)29-23)5-4-8-22(15)32-12-11-31-24(30)27-17-9-10-18(25)19(26)13-17/h2-10,13H,11-12,14H2,1H3,(H,27,30)(H,28,29). The van der Waals surface area contributed by atoms with Crippen LogP contribution >= 0.6 is 23.5 Å². The number of halogens is 2. The number of carbonyl (C=O) groups is 1. The number of H-pyrrole nitrogens is 1. The Morgan fingerprint density at radius 2 is 1.91 bits per heavy atom. The third-order valence-electron chi connectivity index (χ3n) is 4.87. The highest BCUT2D eigenvalue weighted by Gasteiger charge is 2.10. The second-order valence-electron chi connectivity index (χ2n) is 7.13. The first kappa shape index (κ1) is 23.1. The molecule has 33 heavy (non-hydrogen) atoms. The van der Waals surface area contributed by atoms with Crippen molar-refractivity contribution in [2.75, 3.05) is 17.7 Å². The number of benzene rings is 3. The monoisotopic (exact) mass is 485 g/mol. The number of carbonyl (C=O) groups excluding carboxylic acids is 1. The molecular formula is C24H21F2N3O2S2. The number of hydrogen-bond donors (Lipinski definition) is 2. The van der Waals surface area contributed by atoms with Gasteiger partial charge in [-0.15, -0.1) is 11.8 Å². The molecule has 0 saturated carbocycles. The van der Waals surface area contributed by atoms with E-state index in [1.807, 2.05) is 36.4 Å². The van der Waals surface area contributed by atoms with Crippen molar-refractivity contribution in [2.45, 2.75) is 22.7 Å². The molecule has 1 heterocycles. The number of thioether (sulfide) groups is 2. The lowest BCUT2D eigenvalue weighted by atomic mass is 10.1. The summed E-state index contributed by atoms with van der Waals surface area (Å²) in [7, 11) is 0. The highest BCUT2D eigenvalue weighted by Crippen LogP contribution is 2.29. The number of nitrogens with zero attached hydrogens (tertiary/aromatic N) is 1. The predicted molar refractivity (Wildman–Crippen MR) is 129 cm³/mol. The maximum atomic E-state index is 13.2.